The topological polar surface area (TPSA) is 81.5 Å². The number of ether oxygens (including phenoxy) is 3. The number of rotatable bonds is 7. The lowest BCUT2D eigenvalue weighted by Crippen LogP contribution is -3.14. The summed E-state index contributed by atoms with van der Waals surface area (Å²) in [7, 11) is 3.08. The zero-order chi connectivity index (χ0) is 20.4. The van der Waals surface area contributed by atoms with Gasteiger partial charge in [0.1, 0.15) is 24.5 Å². The quantitative estimate of drug-likeness (QED) is 0.587. The molecule has 158 valence electrons. The van der Waals surface area contributed by atoms with Crippen LogP contribution < -0.4 is 19.7 Å². The van der Waals surface area contributed by atoms with E-state index in [0.29, 0.717) is 29.4 Å². The molecule has 2 N–H and O–H groups in total. The second-order valence-corrected chi connectivity index (χ2v) is 8.55. The molecule has 8 nitrogen and oxygen atoms in total. The van der Waals surface area contributed by atoms with Crippen LogP contribution in [0.15, 0.2) is 12.1 Å². The van der Waals surface area contributed by atoms with Gasteiger partial charge in [0, 0.05) is 24.3 Å². The number of morpholine rings is 1. The molecule has 4 rings (SSSR count). The van der Waals surface area contributed by atoms with Crippen LogP contribution >= 0.6 is 11.8 Å². The maximum absolute atomic E-state index is 13.2. The Bertz CT molecular complexity index is 784. The molecule has 0 bridgehead atoms. The summed E-state index contributed by atoms with van der Waals surface area (Å²) in [5, 5.41) is 2.88. The summed E-state index contributed by atoms with van der Waals surface area (Å²) in [5.41, 5.74) is 1.40. The van der Waals surface area contributed by atoms with Gasteiger partial charge in [0.05, 0.1) is 39.5 Å². The summed E-state index contributed by atoms with van der Waals surface area (Å²) in [4.78, 5) is 29.2. The minimum absolute atomic E-state index is 0.0796. The van der Waals surface area contributed by atoms with E-state index in [2.05, 4.69) is 5.32 Å². The van der Waals surface area contributed by atoms with Gasteiger partial charge in [-0.15, -0.1) is 11.8 Å². The molecule has 9 heteroatoms. The van der Waals surface area contributed by atoms with Crippen LogP contribution in [0.25, 0.3) is 0 Å². The van der Waals surface area contributed by atoms with Crippen molar-refractivity contribution in [3.8, 4) is 11.5 Å². The van der Waals surface area contributed by atoms with Crippen molar-refractivity contribution >= 4 is 23.6 Å². The molecule has 2 atom stereocenters. The molecule has 0 aromatic heterocycles. The average molecular weight is 423 g/mol. The van der Waals surface area contributed by atoms with Crippen LogP contribution in [0.1, 0.15) is 27.7 Å². The molecule has 2 saturated heterocycles. The van der Waals surface area contributed by atoms with Crippen LogP contribution in [0.3, 0.4) is 0 Å². The number of methoxy groups -OCH3 is 2. The molecule has 2 fully saturated rings. The van der Waals surface area contributed by atoms with Crippen LogP contribution in [0.2, 0.25) is 0 Å². The fourth-order valence-electron chi connectivity index (χ4n) is 4.27. The molecule has 1 aromatic carbocycles. The highest BCUT2D eigenvalue weighted by molar-refractivity contribution is 7.99. The molecule has 0 spiro atoms. The van der Waals surface area contributed by atoms with Gasteiger partial charge in [0.15, 0.2) is 11.5 Å². The zero-order valence-electron chi connectivity index (χ0n) is 16.9. The summed E-state index contributed by atoms with van der Waals surface area (Å²) in [6.45, 7) is 5.34. The van der Waals surface area contributed by atoms with E-state index < -0.39 is 6.04 Å². The SMILES string of the molecule is COc1ccc2c(c1OC)C(=O)N1[C@@H](C(=O)NCCC[NH+]3CCOCC3)CS[C@H]21. The van der Waals surface area contributed by atoms with E-state index in [1.54, 1.807) is 23.8 Å². The van der Waals surface area contributed by atoms with Crippen molar-refractivity contribution in [3.05, 3.63) is 23.3 Å². The number of amides is 2. The Balaban J connectivity index is 1.38. The van der Waals surface area contributed by atoms with Crippen molar-refractivity contribution in [2.75, 3.05) is 59.4 Å². The number of hydrogen-bond acceptors (Lipinski definition) is 6. The molecule has 0 saturated carbocycles. The van der Waals surface area contributed by atoms with Crippen LogP contribution in [-0.4, -0.2) is 82.1 Å². The van der Waals surface area contributed by atoms with E-state index in [1.165, 1.54) is 12.0 Å². The molecule has 0 radical (unpaired) electrons. The monoisotopic (exact) mass is 422 g/mol. The average Bonchev–Trinajstić information content (AvgIpc) is 3.31. The fraction of sp³-hybridized carbons (Fsp3) is 0.600. The number of benzene rings is 1. The highest BCUT2D eigenvalue weighted by atomic mass is 32.2. The van der Waals surface area contributed by atoms with E-state index in [9.17, 15) is 9.59 Å². The predicted molar refractivity (Wildman–Crippen MR) is 109 cm³/mol. The summed E-state index contributed by atoms with van der Waals surface area (Å²) in [5.74, 6) is 1.33. The highest BCUT2D eigenvalue weighted by Crippen LogP contribution is 2.52. The third kappa shape index (κ3) is 3.78. The van der Waals surface area contributed by atoms with Gasteiger partial charge in [-0.1, -0.05) is 6.07 Å². The van der Waals surface area contributed by atoms with Gasteiger partial charge >= 0.3 is 0 Å². The molecule has 2 amide bonds. The number of quaternary nitrogens is 1. The smallest absolute Gasteiger partial charge is 0.260 e. The van der Waals surface area contributed by atoms with Crippen molar-refractivity contribution in [1.29, 1.82) is 0 Å². The molecule has 3 heterocycles. The Hall–Kier alpha value is -1.97. The largest absolute Gasteiger partial charge is 0.493 e. The number of nitrogens with one attached hydrogen (secondary N) is 2. The van der Waals surface area contributed by atoms with E-state index in [4.69, 9.17) is 14.2 Å². The van der Waals surface area contributed by atoms with Gasteiger partial charge < -0.3 is 29.3 Å². The van der Waals surface area contributed by atoms with Gasteiger partial charge in [0.25, 0.3) is 5.91 Å². The highest BCUT2D eigenvalue weighted by Gasteiger charge is 2.50. The maximum Gasteiger partial charge on any atom is 0.260 e. The van der Waals surface area contributed by atoms with Gasteiger partial charge in [-0.05, 0) is 6.07 Å². The van der Waals surface area contributed by atoms with E-state index in [1.807, 2.05) is 12.1 Å². The first-order chi connectivity index (χ1) is 14.2. The molecule has 0 unspecified atom stereocenters. The van der Waals surface area contributed by atoms with Crippen LogP contribution in [0.4, 0.5) is 0 Å². The Kier molecular flexibility index (Phi) is 6.17. The van der Waals surface area contributed by atoms with Gasteiger partial charge in [-0.3, -0.25) is 9.59 Å². The van der Waals surface area contributed by atoms with Crippen molar-refractivity contribution in [2.24, 2.45) is 0 Å². The Morgan fingerprint density at radius 2 is 2.10 bits per heavy atom. The third-order valence-corrected chi connectivity index (χ3v) is 7.11. The first kappa shape index (κ1) is 20.3. The molecule has 3 aliphatic rings. The number of carbonyl (C=O) groups is 2. The number of thioether (sulfide) groups is 1. The van der Waals surface area contributed by atoms with Crippen LogP contribution in [0, 0.1) is 0 Å². The van der Waals surface area contributed by atoms with E-state index in [-0.39, 0.29) is 17.2 Å². The maximum atomic E-state index is 13.2. The van der Waals surface area contributed by atoms with Crippen molar-refractivity contribution in [2.45, 2.75) is 17.8 Å². The first-order valence-electron chi connectivity index (χ1n) is 10.0. The third-order valence-electron chi connectivity index (χ3n) is 5.80. The number of hydrogen-bond donors (Lipinski definition) is 2. The predicted octanol–water partition coefficient (Wildman–Crippen LogP) is -0.305. The molecule has 0 aliphatic carbocycles. The minimum atomic E-state index is -0.462. The zero-order valence-corrected chi connectivity index (χ0v) is 17.7. The molecular weight excluding hydrogens is 394 g/mol. The lowest BCUT2D eigenvalue weighted by molar-refractivity contribution is -0.908. The second-order valence-electron chi connectivity index (χ2n) is 7.44. The number of fused-ring (bicyclic) bond motifs is 3. The second kappa shape index (κ2) is 8.81. The summed E-state index contributed by atoms with van der Waals surface area (Å²) < 4.78 is 16.2. The van der Waals surface area contributed by atoms with Crippen molar-refractivity contribution < 1.29 is 28.7 Å². The Labute approximate surface area is 174 Å². The van der Waals surface area contributed by atoms with Crippen LogP contribution in [-0.2, 0) is 9.53 Å². The molecule has 29 heavy (non-hydrogen) atoms. The fourth-order valence-corrected chi connectivity index (χ4v) is 5.73. The number of carbonyl (C=O) groups excluding carboxylic acids is 2. The Morgan fingerprint density at radius 3 is 2.83 bits per heavy atom. The lowest BCUT2D eigenvalue weighted by atomic mass is 10.1. The summed E-state index contributed by atoms with van der Waals surface area (Å²) in [6.07, 6.45) is 0.920. The minimum Gasteiger partial charge on any atom is -0.493 e. The lowest BCUT2D eigenvalue weighted by Gasteiger charge is -2.24. The molecular formula is C20H28N3O5S+. The van der Waals surface area contributed by atoms with Crippen molar-refractivity contribution in [3.63, 3.8) is 0 Å². The molecule has 1 aromatic rings. The first-order valence-corrected chi connectivity index (χ1v) is 11.1. The number of nitrogens with zero attached hydrogens (tertiary/aromatic N) is 1. The van der Waals surface area contributed by atoms with Gasteiger partial charge in [-0.25, -0.2) is 0 Å². The van der Waals surface area contributed by atoms with E-state index >= 15 is 0 Å². The van der Waals surface area contributed by atoms with Gasteiger partial charge in [0.2, 0.25) is 5.91 Å². The van der Waals surface area contributed by atoms with Crippen molar-refractivity contribution in [1.82, 2.24) is 10.2 Å². The summed E-state index contributed by atoms with van der Waals surface area (Å²) in [6, 6.07) is 3.25. The van der Waals surface area contributed by atoms with Gasteiger partial charge in [-0.2, -0.15) is 0 Å². The van der Waals surface area contributed by atoms with E-state index in [0.717, 1.165) is 44.8 Å². The standard InChI is InChI=1S/C20H27N3O5S/c1-26-15-5-4-13-16(17(15)27-2)19(25)23-14(12-29-20(13)23)18(24)21-6-3-7-22-8-10-28-11-9-22/h4-5,14,20H,3,6-12H2,1-2H3,(H,21,24)/p+1/t14-,20-/m1/s1. The molecule has 3 aliphatic heterocycles. The van der Waals surface area contributed by atoms with Crippen LogP contribution in [0.5, 0.6) is 11.5 Å². The Morgan fingerprint density at radius 1 is 1.31 bits per heavy atom. The normalized spacial score (nSPS) is 23.7. The summed E-state index contributed by atoms with van der Waals surface area (Å²) >= 11 is 1.62.